The Kier molecular flexibility index (Phi) is 9.62. The lowest BCUT2D eigenvalue weighted by atomic mass is 10.0. The van der Waals surface area contributed by atoms with Crippen LogP contribution in [-0.2, 0) is 11.3 Å². The van der Waals surface area contributed by atoms with E-state index in [2.05, 4.69) is 45.9 Å². The summed E-state index contributed by atoms with van der Waals surface area (Å²) in [6.45, 7) is 16.1. The van der Waals surface area contributed by atoms with E-state index >= 15 is 0 Å². The zero-order valence-electron chi connectivity index (χ0n) is 17.6. The van der Waals surface area contributed by atoms with E-state index in [-0.39, 0.29) is 0 Å². The first-order valence-corrected chi connectivity index (χ1v) is 10.4. The molecule has 27 heavy (non-hydrogen) atoms. The number of unbranched alkanes of at least 4 members (excludes halogenated alkanes) is 1. The van der Waals surface area contributed by atoms with Gasteiger partial charge in [-0.05, 0) is 32.6 Å². The van der Waals surface area contributed by atoms with Crippen LogP contribution in [0, 0.1) is 12.8 Å². The third-order valence-corrected chi connectivity index (χ3v) is 5.11. The minimum absolute atomic E-state index is 0.466. The smallest absolute Gasteiger partial charge is 0.191 e. The molecule has 1 aromatic heterocycles. The molecule has 0 saturated carbocycles. The molecular weight excluding hydrogens is 340 g/mol. The lowest BCUT2D eigenvalue weighted by Gasteiger charge is -2.36. The number of rotatable bonds is 10. The molecule has 0 aromatic carbocycles. The molecule has 1 aromatic rings. The Labute approximate surface area is 164 Å². The molecule has 2 rings (SSSR count). The van der Waals surface area contributed by atoms with Crippen LogP contribution >= 0.6 is 0 Å². The van der Waals surface area contributed by atoms with Crippen LogP contribution in [0.3, 0.4) is 0 Å². The van der Waals surface area contributed by atoms with Crippen molar-refractivity contribution >= 4 is 5.96 Å². The highest BCUT2D eigenvalue weighted by Gasteiger charge is 2.23. The molecule has 0 amide bonds. The second-order valence-corrected chi connectivity index (χ2v) is 7.48. The fourth-order valence-electron chi connectivity index (χ4n) is 3.44. The minimum Gasteiger partial charge on any atom is -0.379 e. The summed E-state index contributed by atoms with van der Waals surface area (Å²) in [5.41, 5.74) is 0. The monoisotopic (exact) mass is 378 g/mol. The van der Waals surface area contributed by atoms with Gasteiger partial charge in [0.15, 0.2) is 5.96 Å². The highest BCUT2D eigenvalue weighted by atomic mass is 16.5. The predicted molar refractivity (Wildman–Crippen MR) is 111 cm³/mol. The Hall–Kier alpha value is -1.60. The van der Waals surface area contributed by atoms with Crippen molar-refractivity contribution in [2.75, 3.05) is 45.9 Å². The van der Waals surface area contributed by atoms with Gasteiger partial charge in [-0.15, -0.1) is 0 Å². The molecule has 1 fully saturated rings. The first-order chi connectivity index (χ1) is 13.1. The zero-order chi connectivity index (χ0) is 19.5. The molecule has 154 valence electrons. The van der Waals surface area contributed by atoms with Crippen LogP contribution in [0.1, 0.15) is 39.4 Å². The first kappa shape index (κ1) is 21.7. The number of nitrogens with one attached hydrogen (secondary N) is 2. The number of aliphatic imine (C=N–C) groups is 1. The van der Waals surface area contributed by atoms with Crippen LogP contribution < -0.4 is 10.6 Å². The molecule has 1 atom stereocenters. The first-order valence-electron chi connectivity index (χ1n) is 10.4. The van der Waals surface area contributed by atoms with Crippen molar-refractivity contribution in [3.8, 4) is 0 Å². The number of imidazole rings is 1. The Morgan fingerprint density at radius 2 is 2.04 bits per heavy atom. The van der Waals surface area contributed by atoms with Crippen LogP contribution in [0.4, 0.5) is 0 Å². The van der Waals surface area contributed by atoms with Gasteiger partial charge in [0.1, 0.15) is 5.82 Å². The summed E-state index contributed by atoms with van der Waals surface area (Å²) in [5.74, 6) is 2.59. The number of aryl methyl sites for hydroxylation is 2. The summed E-state index contributed by atoms with van der Waals surface area (Å²) in [6.07, 6.45) is 6.15. The number of hydrogen-bond donors (Lipinski definition) is 2. The summed E-state index contributed by atoms with van der Waals surface area (Å²) >= 11 is 0. The molecule has 2 N–H and O–H groups in total. The summed E-state index contributed by atoms with van der Waals surface area (Å²) < 4.78 is 7.70. The van der Waals surface area contributed by atoms with Gasteiger partial charge in [0.2, 0.25) is 0 Å². The van der Waals surface area contributed by atoms with Crippen molar-refractivity contribution in [1.29, 1.82) is 0 Å². The molecule has 1 aliphatic rings. The Morgan fingerprint density at radius 1 is 1.26 bits per heavy atom. The summed E-state index contributed by atoms with van der Waals surface area (Å²) in [7, 11) is 0. The molecule has 1 unspecified atom stereocenters. The van der Waals surface area contributed by atoms with Gasteiger partial charge in [0.05, 0.1) is 19.8 Å². The average molecular weight is 379 g/mol. The number of nitrogens with zero attached hydrogens (tertiary/aromatic N) is 4. The van der Waals surface area contributed by atoms with Crippen LogP contribution in [-0.4, -0.2) is 72.4 Å². The molecule has 2 heterocycles. The van der Waals surface area contributed by atoms with Crippen LogP contribution in [0.2, 0.25) is 0 Å². The topological polar surface area (TPSA) is 66.7 Å². The van der Waals surface area contributed by atoms with E-state index in [0.29, 0.717) is 12.0 Å². The van der Waals surface area contributed by atoms with Crippen molar-refractivity contribution in [2.45, 2.75) is 53.1 Å². The third-order valence-electron chi connectivity index (χ3n) is 5.11. The molecule has 1 aliphatic heterocycles. The minimum atomic E-state index is 0.466. The fraction of sp³-hybridized carbons (Fsp3) is 0.800. The maximum atomic E-state index is 5.50. The number of guanidine groups is 1. The van der Waals surface area contributed by atoms with Gasteiger partial charge in [-0.2, -0.15) is 0 Å². The number of aromatic nitrogens is 2. The van der Waals surface area contributed by atoms with E-state index in [1.54, 1.807) is 0 Å². The SMILES string of the molecule is CCNC(=NCC(C(C)C)N1CCOCC1)NCCCCn1ccnc1C. The standard InChI is InChI=1S/C20H38N6O/c1-5-21-20(23-8-6-7-10-25-11-9-22-18(25)4)24-16-19(17(2)3)26-12-14-27-15-13-26/h9,11,17,19H,5-8,10,12-16H2,1-4H3,(H2,21,23,24). The number of ether oxygens (including phenoxy) is 1. The summed E-state index contributed by atoms with van der Waals surface area (Å²) in [4.78, 5) is 11.7. The molecule has 0 aliphatic carbocycles. The van der Waals surface area contributed by atoms with Gasteiger partial charge in [0.25, 0.3) is 0 Å². The Morgan fingerprint density at radius 3 is 2.67 bits per heavy atom. The molecule has 7 nitrogen and oxygen atoms in total. The highest BCUT2D eigenvalue weighted by Crippen LogP contribution is 2.13. The molecule has 7 heteroatoms. The predicted octanol–water partition coefficient (Wildman–Crippen LogP) is 1.88. The molecular formula is C20H38N6O. The second-order valence-electron chi connectivity index (χ2n) is 7.48. The van der Waals surface area contributed by atoms with E-state index in [1.165, 1.54) is 0 Å². The highest BCUT2D eigenvalue weighted by molar-refractivity contribution is 5.79. The molecule has 0 bridgehead atoms. The van der Waals surface area contributed by atoms with E-state index in [0.717, 1.165) is 77.1 Å². The number of hydrogen-bond acceptors (Lipinski definition) is 4. The summed E-state index contributed by atoms with van der Waals surface area (Å²) in [6, 6.07) is 0.466. The zero-order valence-corrected chi connectivity index (χ0v) is 17.6. The largest absolute Gasteiger partial charge is 0.379 e. The van der Waals surface area contributed by atoms with E-state index in [1.807, 2.05) is 19.3 Å². The van der Waals surface area contributed by atoms with Crippen molar-refractivity contribution < 1.29 is 4.74 Å². The maximum absolute atomic E-state index is 5.50. The van der Waals surface area contributed by atoms with Gasteiger partial charge < -0.3 is 19.9 Å². The normalized spacial score (nSPS) is 17.3. The maximum Gasteiger partial charge on any atom is 0.191 e. The van der Waals surface area contributed by atoms with Gasteiger partial charge in [-0.25, -0.2) is 4.98 Å². The lowest BCUT2D eigenvalue weighted by molar-refractivity contribution is 0.00867. The van der Waals surface area contributed by atoms with Gasteiger partial charge in [-0.3, -0.25) is 9.89 Å². The van der Waals surface area contributed by atoms with Crippen LogP contribution in [0.15, 0.2) is 17.4 Å². The Balaban J connectivity index is 1.76. The van der Waals surface area contributed by atoms with E-state index < -0.39 is 0 Å². The average Bonchev–Trinajstić information content (AvgIpc) is 3.07. The van der Waals surface area contributed by atoms with Crippen LogP contribution in [0.5, 0.6) is 0 Å². The molecule has 0 spiro atoms. The van der Waals surface area contributed by atoms with E-state index in [4.69, 9.17) is 9.73 Å². The molecule has 1 saturated heterocycles. The van der Waals surface area contributed by atoms with Crippen molar-refractivity contribution in [3.63, 3.8) is 0 Å². The van der Waals surface area contributed by atoms with Gasteiger partial charge in [0, 0.05) is 51.2 Å². The molecule has 0 radical (unpaired) electrons. The van der Waals surface area contributed by atoms with Crippen molar-refractivity contribution in [2.24, 2.45) is 10.9 Å². The van der Waals surface area contributed by atoms with E-state index in [9.17, 15) is 0 Å². The van der Waals surface area contributed by atoms with Gasteiger partial charge in [-0.1, -0.05) is 13.8 Å². The van der Waals surface area contributed by atoms with Crippen molar-refractivity contribution in [3.05, 3.63) is 18.2 Å². The number of morpholine rings is 1. The lowest BCUT2D eigenvalue weighted by Crippen LogP contribution is -2.48. The quantitative estimate of drug-likeness (QED) is 0.370. The second kappa shape index (κ2) is 12.0. The van der Waals surface area contributed by atoms with Gasteiger partial charge >= 0.3 is 0 Å². The fourth-order valence-corrected chi connectivity index (χ4v) is 3.44. The summed E-state index contributed by atoms with van der Waals surface area (Å²) in [5, 5.41) is 6.86. The van der Waals surface area contributed by atoms with Crippen molar-refractivity contribution in [1.82, 2.24) is 25.1 Å². The third kappa shape index (κ3) is 7.50. The Bertz CT molecular complexity index is 550. The van der Waals surface area contributed by atoms with Crippen LogP contribution in [0.25, 0.3) is 0 Å².